The lowest BCUT2D eigenvalue weighted by atomic mass is 9.94. The molecular weight excluding hydrogens is 234 g/mol. The lowest BCUT2D eigenvalue weighted by Crippen LogP contribution is -2.28. The first-order chi connectivity index (χ1) is 9.19. The molecule has 106 valence electrons. The molecule has 1 aliphatic carbocycles. The first-order valence-corrected chi connectivity index (χ1v) is 7.52. The van der Waals surface area contributed by atoms with Crippen LogP contribution in [-0.2, 0) is 6.42 Å². The number of benzene rings is 1. The highest BCUT2D eigenvalue weighted by atomic mass is 16.5. The van der Waals surface area contributed by atoms with E-state index in [1.807, 2.05) is 0 Å². The van der Waals surface area contributed by atoms with Gasteiger partial charge in [-0.3, -0.25) is 0 Å². The van der Waals surface area contributed by atoms with Crippen molar-refractivity contribution in [1.82, 2.24) is 5.32 Å². The van der Waals surface area contributed by atoms with Crippen molar-refractivity contribution in [3.05, 3.63) is 29.8 Å². The highest BCUT2D eigenvalue weighted by Crippen LogP contribution is 2.38. The maximum atomic E-state index is 5.21. The van der Waals surface area contributed by atoms with Crippen LogP contribution in [0.15, 0.2) is 24.3 Å². The topological polar surface area (TPSA) is 21.3 Å². The third-order valence-corrected chi connectivity index (χ3v) is 3.90. The standard InChI is InChI=1S/C17H27NO/c1-13(2)11-18-12-16(15-6-7-15)10-14-4-8-17(19-3)9-5-14/h4-5,8-9,13,15-16,18H,6-7,10-12H2,1-3H3. The van der Waals surface area contributed by atoms with Crippen LogP contribution in [0, 0.1) is 17.8 Å². The second kappa shape index (κ2) is 6.95. The molecule has 1 saturated carbocycles. The van der Waals surface area contributed by atoms with Crippen molar-refractivity contribution >= 4 is 0 Å². The summed E-state index contributed by atoms with van der Waals surface area (Å²) in [6.45, 7) is 6.83. The Hall–Kier alpha value is -1.02. The second-order valence-electron chi connectivity index (χ2n) is 6.20. The smallest absolute Gasteiger partial charge is 0.118 e. The van der Waals surface area contributed by atoms with Gasteiger partial charge >= 0.3 is 0 Å². The molecule has 0 amide bonds. The molecule has 0 spiro atoms. The molecule has 1 aliphatic rings. The summed E-state index contributed by atoms with van der Waals surface area (Å²) >= 11 is 0. The third kappa shape index (κ3) is 4.87. The second-order valence-corrected chi connectivity index (χ2v) is 6.20. The quantitative estimate of drug-likeness (QED) is 0.773. The molecule has 0 bridgehead atoms. The fraction of sp³-hybridized carbons (Fsp3) is 0.647. The lowest BCUT2D eigenvalue weighted by molar-refractivity contribution is 0.405. The van der Waals surface area contributed by atoms with Gasteiger partial charge in [-0.15, -0.1) is 0 Å². The molecule has 0 radical (unpaired) electrons. The van der Waals surface area contributed by atoms with Gasteiger partial charge in [0.05, 0.1) is 7.11 Å². The number of ether oxygens (including phenoxy) is 1. The van der Waals surface area contributed by atoms with Crippen LogP contribution < -0.4 is 10.1 Å². The molecule has 1 atom stereocenters. The number of hydrogen-bond donors (Lipinski definition) is 1. The molecule has 1 aromatic rings. The maximum Gasteiger partial charge on any atom is 0.118 e. The average Bonchev–Trinajstić information content (AvgIpc) is 3.22. The van der Waals surface area contributed by atoms with Gasteiger partial charge in [0.25, 0.3) is 0 Å². The van der Waals surface area contributed by atoms with Crippen molar-refractivity contribution in [2.75, 3.05) is 20.2 Å². The van der Waals surface area contributed by atoms with Crippen LogP contribution in [0.2, 0.25) is 0 Å². The van der Waals surface area contributed by atoms with Crippen LogP contribution in [0.5, 0.6) is 5.75 Å². The van der Waals surface area contributed by atoms with Crippen LogP contribution in [0.4, 0.5) is 0 Å². The largest absolute Gasteiger partial charge is 0.497 e. The van der Waals surface area contributed by atoms with Gasteiger partial charge in [0.2, 0.25) is 0 Å². The van der Waals surface area contributed by atoms with Crippen LogP contribution in [0.1, 0.15) is 32.3 Å². The van der Waals surface area contributed by atoms with Crippen molar-refractivity contribution < 1.29 is 4.74 Å². The van der Waals surface area contributed by atoms with Crippen molar-refractivity contribution in [1.29, 1.82) is 0 Å². The van der Waals surface area contributed by atoms with Gasteiger partial charge in [-0.25, -0.2) is 0 Å². The van der Waals surface area contributed by atoms with Crippen LogP contribution in [0.3, 0.4) is 0 Å². The summed E-state index contributed by atoms with van der Waals surface area (Å²) in [4.78, 5) is 0. The molecule has 0 aromatic heterocycles. The van der Waals surface area contributed by atoms with Gasteiger partial charge in [0.1, 0.15) is 5.75 Å². The molecule has 0 aliphatic heterocycles. The Morgan fingerprint density at radius 3 is 2.37 bits per heavy atom. The molecular formula is C17H27NO. The zero-order chi connectivity index (χ0) is 13.7. The van der Waals surface area contributed by atoms with E-state index in [1.54, 1.807) is 7.11 Å². The summed E-state index contributed by atoms with van der Waals surface area (Å²) in [6, 6.07) is 8.55. The van der Waals surface area contributed by atoms with E-state index in [-0.39, 0.29) is 0 Å². The molecule has 0 heterocycles. The van der Waals surface area contributed by atoms with E-state index in [0.717, 1.165) is 36.6 Å². The molecule has 0 saturated heterocycles. The summed E-state index contributed by atoms with van der Waals surface area (Å²) in [5.41, 5.74) is 1.43. The highest BCUT2D eigenvalue weighted by molar-refractivity contribution is 5.27. The van der Waals surface area contributed by atoms with Gasteiger partial charge in [-0.1, -0.05) is 26.0 Å². The van der Waals surface area contributed by atoms with E-state index in [2.05, 4.69) is 43.4 Å². The van der Waals surface area contributed by atoms with E-state index in [0.29, 0.717) is 0 Å². The number of rotatable bonds is 8. The highest BCUT2D eigenvalue weighted by Gasteiger charge is 2.30. The normalized spacial score (nSPS) is 16.6. The van der Waals surface area contributed by atoms with Gasteiger partial charge < -0.3 is 10.1 Å². The molecule has 1 aromatic carbocycles. The first-order valence-electron chi connectivity index (χ1n) is 7.52. The lowest BCUT2D eigenvalue weighted by Gasteiger charge is -2.18. The Morgan fingerprint density at radius 2 is 1.84 bits per heavy atom. The van der Waals surface area contributed by atoms with E-state index in [1.165, 1.54) is 24.8 Å². The van der Waals surface area contributed by atoms with Crippen molar-refractivity contribution in [2.24, 2.45) is 17.8 Å². The monoisotopic (exact) mass is 261 g/mol. The minimum Gasteiger partial charge on any atom is -0.497 e. The minimum atomic E-state index is 0.737. The maximum absolute atomic E-state index is 5.21. The predicted molar refractivity (Wildman–Crippen MR) is 80.6 cm³/mol. The molecule has 2 rings (SSSR count). The Bertz CT molecular complexity index is 367. The number of methoxy groups -OCH3 is 1. The molecule has 1 N–H and O–H groups in total. The fourth-order valence-electron chi connectivity index (χ4n) is 2.59. The van der Waals surface area contributed by atoms with Crippen molar-refractivity contribution in [2.45, 2.75) is 33.1 Å². The Morgan fingerprint density at radius 1 is 1.16 bits per heavy atom. The van der Waals surface area contributed by atoms with Crippen LogP contribution >= 0.6 is 0 Å². The summed E-state index contributed by atoms with van der Waals surface area (Å²) in [7, 11) is 1.72. The average molecular weight is 261 g/mol. The van der Waals surface area contributed by atoms with E-state index in [9.17, 15) is 0 Å². The fourth-order valence-corrected chi connectivity index (χ4v) is 2.59. The predicted octanol–water partition coefficient (Wildman–Crippen LogP) is 3.51. The Kier molecular flexibility index (Phi) is 5.26. The number of nitrogens with one attached hydrogen (secondary N) is 1. The Labute approximate surface area is 117 Å². The van der Waals surface area contributed by atoms with Crippen LogP contribution in [0.25, 0.3) is 0 Å². The minimum absolute atomic E-state index is 0.737. The molecule has 1 fully saturated rings. The zero-order valence-corrected chi connectivity index (χ0v) is 12.5. The molecule has 2 nitrogen and oxygen atoms in total. The number of hydrogen-bond acceptors (Lipinski definition) is 2. The molecule has 2 heteroatoms. The van der Waals surface area contributed by atoms with Gasteiger partial charge in [0, 0.05) is 0 Å². The summed E-state index contributed by atoms with van der Waals surface area (Å²) in [5, 5.41) is 3.62. The molecule has 19 heavy (non-hydrogen) atoms. The van der Waals surface area contributed by atoms with E-state index in [4.69, 9.17) is 4.74 Å². The third-order valence-electron chi connectivity index (χ3n) is 3.90. The van der Waals surface area contributed by atoms with Crippen molar-refractivity contribution in [3.8, 4) is 5.75 Å². The van der Waals surface area contributed by atoms with E-state index >= 15 is 0 Å². The van der Waals surface area contributed by atoms with Gasteiger partial charge in [-0.05, 0) is 67.8 Å². The van der Waals surface area contributed by atoms with Crippen LogP contribution in [-0.4, -0.2) is 20.2 Å². The summed E-state index contributed by atoms with van der Waals surface area (Å²) in [5.74, 6) is 3.43. The SMILES string of the molecule is COc1ccc(CC(CNCC(C)C)C2CC2)cc1. The first kappa shape index (κ1) is 14.4. The molecule has 1 unspecified atom stereocenters. The van der Waals surface area contributed by atoms with Crippen molar-refractivity contribution in [3.63, 3.8) is 0 Å². The van der Waals surface area contributed by atoms with Gasteiger partial charge in [-0.2, -0.15) is 0 Å². The summed E-state index contributed by atoms with van der Waals surface area (Å²) in [6.07, 6.45) is 4.04. The Balaban J connectivity index is 1.85. The summed E-state index contributed by atoms with van der Waals surface area (Å²) < 4.78 is 5.21. The van der Waals surface area contributed by atoms with E-state index < -0.39 is 0 Å². The van der Waals surface area contributed by atoms with Gasteiger partial charge in [0.15, 0.2) is 0 Å². The zero-order valence-electron chi connectivity index (χ0n) is 12.5.